The van der Waals surface area contributed by atoms with Gasteiger partial charge in [-0.2, -0.15) is 0 Å². The van der Waals surface area contributed by atoms with Gasteiger partial charge in [0.2, 0.25) is 0 Å². The average Bonchev–Trinajstić information content (AvgIpc) is 2.25. The molecule has 1 spiro atoms. The standard InChI is InChI=1S/C15H29NO/c1-4-12(5-2)11-16-13-10-14(17-6-3)15(13)8-7-9-15/h12-14,16H,4-11H2,1-3H3. The van der Waals surface area contributed by atoms with Crippen LogP contribution >= 0.6 is 0 Å². The van der Waals surface area contributed by atoms with Gasteiger partial charge < -0.3 is 10.1 Å². The molecule has 2 nitrogen and oxygen atoms in total. The molecule has 2 aliphatic carbocycles. The Bertz CT molecular complexity index is 233. The van der Waals surface area contributed by atoms with Crippen molar-refractivity contribution in [2.75, 3.05) is 13.2 Å². The van der Waals surface area contributed by atoms with Crippen molar-refractivity contribution in [2.24, 2.45) is 11.3 Å². The minimum absolute atomic E-state index is 0.530. The summed E-state index contributed by atoms with van der Waals surface area (Å²) in [5.41, 5.74) is 0.530. The van der Waals surface area contributed by atoms with Crippen molar-refractivity contribution < 1.29 is 4.74 Å². The van der Waals surface area contributed by atoms with Crippen LogP contribution in [-0.2, 0) is 4.74 Å². The molecule has 100 valence electrons. The highest BCUT2D eigenvalue weighted by atomic mass is 16.5. The van der Waals surface area contributed by atoms with Crippen LogP contribution in [0.25, 0.3) is 0 Å². The van der Waals surface area contributed by atoms with Crippen LogP contribution in [0.4, 0.5) is 0 Å². The molecule has 0 bridgehead atoms. The molecule has 0 aliphatic heterocycles. The highest BCUT2D eigenvalue weighted by Gasteiger charge is 2.58. The highest BCUT2D eigenvalue weighted by molar-refractivity contribution is 5.12. The van der Waals surface area contributed by atoms with Gasteiger partial charge in [0.25, 0.3) is 0 Å². The van der Waals surface area contributed by atoms with E-state index in [-0.39, 0.29) is 0 Å². The van der Waals surface area contributed by atoms with E-state index in [1.165, 1.54) is 45.1 Å². The highest BCUT2D eigenvalue weighted by Crippen LogP contribution is 2.57. The van der Waals surface area contributed by atoms with Crippen LogP contribution in [-0.4, -0.2) is 25.3 Å². The third-order valence-corrected chi connectivity index (χ3v) is 5.24. The topological polar surface area (TPSA) is 21.3 Å². The Hall–Kier alpha value is -0.0800. The van der Waals surface area contributed by atoms with Crippen molar-refractivity contribution in [1.82, 2.24) is 5.32 Å². The van der Waals surface area contributed by atoms with Crippen LogP contribution in [0, 0.1) is 11.3 Å². The van der Waals surface area contributed by atoms with E-state index in [2.05, 4.69) is 26.1 Å². The van der Waals surface area contributed by atoms with Crippen molar-refractivity contribution in [2.45, 2.75) is 71.4 Å². The van der Waals surface area contributed by atoms with Crippen molar-refractivity contribution in [3.8, 4) is 0 Å². The first-order valence-electron chi connectivity index (χ1n) is 7.61. The number of hydrogen-bond acceptors (Lipinski definition) is 2. The number of nitrogens with one attached hydrogen (secondary N) is 1. The smallest absolute Gasteiger partial charge is 0.0661 e. The summed E-state index contributed by atoms with van der Waals surface area (Å²) in [4.78, 5) is 0. The van der Waals surface area contributed by atoms with Crippen molar-refractivity contribution in [3.05, 3.63) is 0 Å². The lowest BCUT2D eigenvalue weighted by Gasteiger charge is -2.61. The minimum atomic E-state index is 0.530. The van der Waals surface area contributed by atoms with Crippen LogP contribution < -0.4 is 5.32 Å². The molecular weight excluding hydrogens is 210 g/mol. The molecule has 1 N–H and O–H groups in total. The molecule has 0 aromatic carbocycles. The molecule has 2 fully saturated rings. The van der Waals surface area contributed by atoms with Gasteiger partial charge in [-0.3, -0.25) is 0 Å². The summed E-state index contributed by atoms with van der Waals surface area (Å²) in [6, 6.07) is 0.744. The number of rotatable bonds is 7. The van der Waals surface area contributed by atoms with E-state index in [9.17, 15) is 0 Å². The summed E-state index contributed by atoms with van der Waals surface area (Å²) in [6.07, 6.45) is 8.59. The SMILES string of the molecule is CCOC1CC(NCC(CC)CC)C12CCC2. The summed E-state index contributed by atoms with van der Waals surface area (Å²) >= 11 is 0. The predicted molar refractivity (Wildman–Crippen MR) is 72.2 cm³/mol. The second-order valence-electron chi connectivity index (χ2n) is 5.91. The average molecular weight is 239 g/mol. The van der Waals surface area contributed by atoms with Gasteiger partial charge in [0.05, 0.1) is 6.10 Å². The Balaban J connectivity index is 1.79. The normalized spacial score (nSPS) is 30.4. The number of hydrogen-bond donors (Lipinski definition) is 1. The molecule has 2 rings (SSSR count). The van der Waals surface area contributed by atoms with Gasteiger partial charge in [-0.05, 0) is 38.6 Å². The van der Waals surface area contributed by atoms with Crippen molar-refractivity contribution in [3.63, 3.8) is 0 Å². The molecule has 0 heterocycles. The molecular formula is C15H29NO. The molecule has 0 saturated heterocycles. The van der Waals surface area contributed by atoms with E-state index in [0.29, 0.717) is 11.5 Å². The molecule has 17 heavy (non-hydrogen) atoms. The van der Waals surface area contributed by atoms with E-state index >= 15 is 0 Å². The number of ether oxygens (including phenoxy) is 1. The quantitative estimate of drug-likeness (QED) is 0.735. The summed E-state index contributed by atoms with van der Waals surface area (Å²) in [5, 5.41) is 3.82. The van der Waals surface area contributed by atoms with E-state index < -0.39 is 0 Å². The summed E-state index contributed by atoms with van der Waals surface area (Å²) in [5.74, 6) is 0.860. The van der Waals surface area contributed by atoms with Gasteiger partial charge in [0.1, 0.15) is 0 Å². The Morgan fingerprint density at radius 1 is 1.24 bits per heavy atom. The Morgan fingerprint density at radius 3 is 2.41 bits per heavy atom. The molecule has 0 amide bonds. The van der Waals surface area contributed by atoms with E-state index in [1.54, 1.807) is 0 Å². The Labute approximate surface area is 107 Å². The lowest BCUT2D eigenvalue weighted by Crippen LogP contribution is -2.67. The summed E-state index contributed by atoms with van der Waals surface area (Å²) in [6.45, 7) is 8.82. The van der Waals surface area contributed by atoms with Gasteiger partial charge in [0, 0.05) is 18.1 Å². The second kappa shape index (κ2) is 5.71. The molecule has 0 radical (unpaired) electrons. The Kier molecular flexibility index (Phi) is 4.48. The predicted octanol–water partition coefficient (Wildman–Crippen LogP) is 3.36. The third-order valence-electron chi connectivity index (χ3n) is 5.24. The largest absolute Gasteiger partial charge is 0.378 e. The van der Waals surface area contributed by atoms with Crippen molar-refractivity contribution in [1.29, 1.82) is 0 Å². The Morgan fingerprint density at radius 2 is 1.94 bits per heavy atom. The first-order chi connectivity index (χ1) is 8.26. The maximum atomic E-state index is 5.89. The van der Waals surface area contributed by atoms with Gasteiger partial charge in [-0.15, -0.1) is 0 Å². The van der Waals surface area contributed by atoms with E-state index in [1.807, 2.05) is 0 Å². The molecule has 2 saturated carbocycles. The molecule has 2 aliphatic rings. The van der Waals surface area contributed by atoms with Crippen LogP contribution in [0.1, 0.15) is 59.3 Å². The lowest BCUT2D eigenvalue weighted by molar-refractivity contribution is -0.173. The summed E-state index contributed by atoms with van der Waals surface area (Å²) < 4.78 is 5.89. The van der Waals surface area contributed by atoms with Gasteiger partial charge in [-0.25, -0.2) is 0 Å². The van der Waals surface area contributed by atoms with Gasteiger partial charge in [0.15, 0.2) is 0 Å². The maximum absolute atomic E-state index is 5.89. The molecule has 2 heteroatoms. The first-order valence-corrected chi connectivity index (χ1v) is 7.61. The van der Waals surface area contributed by atoms with E-state index in [0.717, 1.165) is 18.6 Å². The zero-order chi connectivity index (χ0) is 12.3. The maximum Gasteiger partial charge on any atom is 0.0661 e. The molecule has 0 aromatic rings. The second-order valence-corrected chi connectivity index (χ2v) is 5.91. The third kappa shape index (κ3) is 2.39. The molecule has 2 unspecified atom stereocenters. The molecule has 2 atom stereocenters. The molecule has 0 aromatic heterocycles. The van der Waals surface area contributed by atoms with Gasteiger partial charge in [-0.1, -0.05) is 33.1 Å². The van der Waals surface area contributed by atoms with Crippen LogP contribution in [0.15, 0.2) is 0 Å². The van der Waals surface area contributed by atoms with Crippen LogP contribution in [0.2, 0.25) is 0 Å². The monoisotopic (exact) mass is 239 g/mol. The zero-order valence-corrected chi connectivity index (χ0v) is 11.8. The summed E-state index contributed by atoms with van der Waals surface area (Å²) in [7, 11) is 0. The van der Waals surface area contributed by atoms with Gasteiger partial charge >= 0.3 is 0 Å². The van der Waals surface area contributed by atoms with Crippen molar-refractivity contribution >= 4 is 0 Å². The fourth-order valence-corrected chi connectivity index (χ4v) is 3.61. The first kappa shape index (κ1) is 13.4. The zero-order valence-electron chi connectivity index (χ0n) is 11.8. The van der Waals surface area contributed by atoms with Crippen LogP contribution in [0.3, 0.4) is 0 Å². The lowest BCUT2D eigenvalue weighted by atomic mass is 9.51. The minimum Gasteiger partial charge on any atom is -0.378 e. The fourth-order valence-electron chi connectivity index (χ4n) is 3.61. The van der Waals surface area contributed by atoms with E-state index in [4.69, 9.17) is 4.74 Å². The fraction of sp³-hybridized carbons (Fsp3) is 1.00. The van der Waals surface area contributed by atoms with Crippen LogP contribution in [0.5, 0.6) is 0 Å².